The highest BCUT2D eigenvalue weighted by Gasteiger charge is 2.24. The Hall–Kier alpha value is -3.04. The minimum absolute atomic E-state index is 0.481. The number of hydrogen-bond acceptors (Lipinski definition) is 7. The molecule has 0 spiro atoms. The van der Waals surface area contributed by atoms with Crippen LogP contribution in [0.4, 0.5) is 0 Å². The molecule has 0 unspecified atom stereocenters. The first-order valence-corrected chi connectivity index (χ1v) is 10.9. The van der Waals surface area contributed by atoms with Gasteiger partial charge in [-0.3, -0.25) is 4.98 Å². The zero-order chi connectivity index (χ0) is 21.9. The highest BCUT2D eigenvalue weighted by atomic mass is 32.2. The standard InChI is InChI=1S/C21H24N2O6S/c1-26-16-7-6-14(11-17(16)27-2)20(23-30(5,24)25)21-15-12-19(29-4)18(28-3)10-13(15)8-9-22-21/h6-12,20,23H,1-5H3/t20-/m0/s1. The molecule has 0 saturated heterocycles. The van der Waals surface area contributed by atoms with Crippen molar-refractivity contribution in [1.82, 2.24) is 9.71 Å². The van der Waals surface area contributed by atoms with E-state index in [-0.39, 0.29) is 0 Å². The Morgan fingerprint density at radius 2 is 1.43 bits per heavy atom. The molecule has 0 aliphatic rings. The quantitative estimate of drug-likeness (QED) is 0.585. The number of rotatable bonds is 8. The summed E-state index contributed by atoms with van der Waals surface area (Å²) in [6.07, 6.45) is 2.73. The molecular weight excluding hydrogens is 408 g/mol. The van der Waals surface area contributed by atoms with Crippen LogP contribution in [0.3, 0.4) is 0 Å². The molecule has 0 fully saturated rings. The monoisotopic (exact) mass is 432 g/mol. The predicted molar refractivity (Wildman–Crippen MR) is 114 cm³/mol. The van der Waals surface area contributed by atoms with Crippen LogP contribution in [0.1, 0.15) is 17.3 Å². The lowest BCUT2D eigenvalue weighted by molar-refractivity contribution is 0.354. The molecule has 8 nitrogen and oxygen atoms in total. The Balaban J connectivity index is 2.26. The maximum absolute atomic E-state index is 12.2. The van der Waals surface area contributed by atoms with E-state index in [4.69, 9.17) is 18.9 Å². The van der Waals surface area contributed by atoms with E-state index in [2.05, 4.69) is 9.71 Å². The van der Waals surface area contributed by atoms with Gasteiger partial charge in [0, 0.05) is 11.6 Å². The van der Waals surface area contributed by atoms with Gasteiger partial charge in [0.05, 0.1) is 46.4 Å². The van der Waals surface area contributed by atoms with Crippen LogP contribution in [0, 0.1) is 0 Å². The largest absolute Gasteiger partial charge is 0.493 e. The third-order valence-corrected chi connectivity index (χ3v) is 5.31. The first kappa shape index (κ1) is 21.7. The number of sulfonamides is 1. The van der Waals surface area contributed by atoms with Gasteiger partial charge in [0.15, 0.2) is 23.0 Å². The molecule has 1 heterocycles. The third kappa shape index (κ3) is 4.42. The van der Waals surface area contributed by atoms with Gasteiger partial charge in [-0.1, -0.05) is 6.07 Å². The molecule has 1 atom stereocenters. The van der Waals surface area contributed by atoms with Crippen LogP contribution in [-0.4, -0.2) is 48.1 Å². The fourth-order valence-electron chi connectivity index (χ4n) is 3.28. The van der Waals surface area contributed by atoms with Gasteiger partial charge >= 0.3 is 0 Å². The summed E-state index contributed by atoms with van der Waals surface area (Å²) >= 11 is 0. The Bertz CT molecular complexity index is 1160. The van der Waals surface area contributed by atoms with Crippen LogP contribution >= 0.6 is 0 Å². The predicted octanol–water partition coefficient (Wildman–Crippen LogP) is 2.91. The molecule has 0 saturated carbocycles. The molecular formula is C21H24N2O6S. The highest BCUT2D eigenvalue weighted by molar-refractivity contribution is 7.88. The van der Waals surface area contributed by atoms with Crippen molar-refractivity contribution in [3.63, 3.8) is 0 Å². The van der Waals surface area contributed by atoms with Gasteiger partial charge < -0.3 is 18.9 Å². The van der Waals surface area contributed by atoms with Gasteiger partial charge in [0.2, 0.25) is 10.0 Å². The smallest absolute Gasteiger partial charge is 0.209 e. The molecule has 2 aromatic carbocycles. The summed E-state index contributed by atoms with van der Waals surface area (Å²) in [5, 5.41) is 1.56. The Morgan fingerprint density at radius 3 is 2.03 bits per heavy atom. The van der Waals surface area contributed by atoms with E-state index < -0.39 is 16.1 Å². The molecule has 9 heteroatoms. The molecule has 160 valence electrons. The molecule has 0 amide bonds. The van der Waals surface area contributed by atoms with Gasteiger partial charge in [0.1, 0.15) is 0 Å². The van der Waals surface area contributed by atoms with E-state index in [1.54, 1.807) is 44.7 Å². The Labute approximate surface area is 175 Å². The number of hydrogen-bond donors (Lipinski definition) is 1. The fraction of sp³-hybridized carbons (Fsp3) is 0.286. The van der Waals surface area contributed by atoms with Crippen molar-refractivity contribution >= 4 is 20.8 Å². The average Bonchev–Trinajstić information content (AvgIpc) is 2.74. The second kappa shape index (κ2) is 8.76. The van der Waals surface area contributed by atoms with Crippen LogP contribution in [0.25, 0.3) is 10.8 Å². The fourth-order valence-corrected chi connectivity index (χ4v) is 3.96. The summed E-state index contributed by atoms with van der Waals surface area (Å²) in [6, 6.07) is 9.89. The van der Waals surface area contributed by atoms with Crippen molar-refractivity contribution in [3.8, 4) is 23.0 Å². The van der Waals surface area contributed by atoms with E-state index in [1.807, 2.05) is 12.1 Å². The maximum Gasteiger partial charge on any atom is 0.209 e. The summed E-state index contributed by atoms with van der Waals surface area (Å²) in [6.45, 7) is 0. The van der Waals surface area contributed by atoms with E-state index in [0.29, 0.717) is 34.3 Å². The summed E-state index contributed by atoms with van der Waals surface area (Å²) in [5.41, 5.74) is 1.17. The molecule has 1 N–H and O–H groups in total. The SMILES string of the molecule is COc1ccc([C@H](NS(C)(=O)=O)c2nccc3cc(OC)c(OC)cc23)cc1OC. The van der Waals surface area contributed by atoms with Crippen molar-refractivity contribution in [2.45, 2.75) is 6.04 Å². The first-order valence-electron chi connectivity index (χ1n) is 9.01. The minimum Gasteiger partial charge on any atom is -0.493 e. The van der Waals surface area contributed by atoms with Crippen molar-refractivity contribution in [1.29, 1.82) is 0 Å². The lowest BCUT2D eigenvalue weighted by Gasteiger charge is -2.21. The van der Waals surface area contributed by atoms with Crippen LogP contribution < -0.4 is 23.7 Å². The molecule has 0 aliphatic heterocycles. The molecule has 3 rings (SSSR count). The van der Waals surface area contributed by atoms with Crippen molar-refractivity contribution < 1.29 is 27.4 Å². The van der Waals surface area contributed by atoms with Crippen LogP contribution in [-0.2, 0) is 10.0 Å². The molecule has 1 aromatic heterocycles. The number of methoxy groups -OCH3 is 4. The molecule has 0 radical (unpaired) electrons. The maximum atomic E-state index is 12.2. The van der Waals surface area contributed by atoms with E-state index in [0.717, 1.165) is 17.0 Å². The number of aromatic nitrogens is 1. The molecule has 30 heavy (non-hydrogen) atoms. The Morgan fingerprint density at radius 1 is 0.833 bits per heavy atom. The van der Waals surface area contributed by atoms with Crippen molar-refractivity contribution in [2.75, 3.05) is 34.7 Å². The van der Waals surface area contributed by atoms with Gasteiger partial charge in [-0.05, 0) is 41.3 Å². The normalized spacial score (nSPS) is 12.4. The minimum atomic E-state index is -3.57. The number of pyridine rings is 1. The number of benzene rings is 2. The lowest BCUT2D eigenvalue weighted by Crippen LogP contribution is -2.29. The molecule has 3 aromatic rings. The Kier molecular flexibility index (Phi) is 6.33. The lowest BCUT2D eigenvalue weighted by atomic mass is 9.98. The van der Waals surface area contributed by atoms with Crippen LogP contribution in [0.15, 0.2) is 42.6 Å². The zero-order valence-electron chi connectivity index (χ0n) is 17.4. The summed E-state index contributed by atoms with van der Waals surface area (Å²) in [5.74, 6) is 2.11. The topological polar surface area (TPSA) is 96.0 Å². The van der Waals surface area contributed by atoms with Gasteiger partial charge in [-0.2, -0.15) is 0 Å². The number of nitrogens with zero attached hydrogens (tertiary/aromatic N) is 1. The average molecular weight is 432 g/mol. The van der Waals surface area contributed by atoms with E-state index in [1.165, 1.54) is 14.2 Å². The number of ether oxygens (including phenoxy) is 4. The van der Waals surface area contributed by atoms with Gasteiger partial charge in [0.25, 0.3) is 0 Å². The van der Waals surface area contributed by atoms with E-state index in [9.17, 15) is 8.42 Å². The number of fused-ring (bicyclic) bond motifs is 1. The van der Waals surface area contributed by atoms with Gasteiger partial charge in [-0.15, -0.1) is 0 Å². The van der Waals surface area contributed by atoms with Crippen molar-refractivity contribution in [3.05, 3.63) is 53.9 Å². The summed E-state index contributed by atoms with van der Waals surface area (Å²) < 4.78 is 48.5. The second-order valence-corrected chi connectivity index (χ2v) is 8.34. The number of nitrogens with one attached hydrogen (secondary N) is 1. The van der Waals surface area contributed by atoms with Crippen LogP contribution in [0.2, 0.25) is 0 Å². The van der Waals surface area contributed by atoms with Crippen molar-refractivity contribution in [2.24, 2.45) is 0 Å². The van der Waals surface area contributed by atoms with E-state index >= 15 is 0 Å². The summed E-state index contributed by atoms with van der Waals surface area (Å²) in [7, 11) is 2.59. The third-order valence-electron chi connectivity index (χ3n) is 4.65. The van der Waals surface area contributed by atoms with Gasteiger partial charge in [-0.25, -0.2) is 13.1 Å². The first-order chi connectivity index (χ1) is 14.3. The van der Waals surface area contributed by atoms with Crippen LogP contribution in [0.5, 0.6) is 23.0 Å². The highest BCUT2D eigenvalue weighted by Crippen LogP contribution is 2.37. The molecule has 0 aliphatic carbocycles. The second-order valence-electron chi connectivity index (χ2n) is 6.56. The zero-order valence-corrected chi connectivity index (χ0v) is 18.2. The summed E-state index contributed by atoms with van der Waals surface area (Å²) in [4.78, 5) is 4.50. The molecule has 0 bridgehead atoms.